The van der Waals surface area contributed by atoms with Crippen LogP contribution in [0.4, 0.5) is 14.5 Å². The van der Waals surface area contributed by atoms with E-state index in [1.807, 2.05) is 6.92 Å². The molecule has 1 heterocycles. The lowest BCUT2D eigenvalue weighted by Crippen LogP contribution is -2.15. The molecule has 1 aromatic carbocycles. The molecule has 0 atom stereocenters. The number of aromatic nitrogens is 3. The highest BCUT2D eigenvalue weighted by Gasteiger charge is 2.17. The number of aromatic amines is 1. The van der Waals surface area contributed by atoms with E-state index in [2.05, 4.69) is 36.4 Å². The molecule has 0 fully saturated rings. The first-order valence-corrected chi connectivity index (χ1v) is 6.17. The Bertz CT molecular complexity index is 606. The van der Waals surface area contributed by atoms with E-state index < -0.39 is 17.5 Å². The van der Waals surface area contributed by atoms with Crippen LogP contribution in [0.5, 0.6) is 0 Å². The summed E-state index contributed by atoms with van der Waals surface area (Å²) in [6, 6.07) is 1.73. The molecule has 1 aromatic heterocycles. The lowest BCUT2D eigenvalue weighted by atomic mass is 10.3. The molecule has 2 rings (SSSR count). The molecular weight excluding hydrogens is 322 g/mol. The highest BCUT2D eigenvalue weighted by atomic mass is 79.9. The van der Waals surface area contributed by atoms with Gasteiger partial charge in [0.1, 0.15) is 11.6 Å². The van der Waals surface area contributed by atoms with Gasteiger partial charge in [-0.25, -0.2) is 13.8 Å². The number of rotatable bonds is 3. The Morgan fingerprint density at radius 1 is 1.47 bits per heavy atom. The first kappa shape index (κ1) is 13.6. The number of carbonyl (C=O) groups excluding carboxylic acids is 1. The summed E-state index contributed by atoms with van der Waals surface area (Å²) in [5.74, 6) is -1.86. The first-order chi connectivity index (χ1) is 9.01. The normalized spacial score (nSPS) is 10.5. The Labute approximate surface area is 115 Å². The van der Waals surface area contributed by atoms with Crippen LogP contribution >= 0.6 is 15.9 Å². The molecule has 0 spiro atoms. The molecule has 0 aliphatic heterocycles. The Morgan fingerprint density at radius 2 is 2.21 bits per heavy atom. The fraction of sp³-hybridized carbons (Fsp3) is 0.182. The van der Waals surface area contributed by atoms with Crippen LogP contribution in [0.25, 0.3) is 0 Å². The third-order valence-corrected chi connectivity index (χ3v) is 2.94. The molecule has 8 heteroatoms. The number of nitrogens with zero attached hydrogens (tertiary/aromatic N) is 2. The average molecular weight is 331 g/mol. The fourth-order valence-electron chi connectivity index (χ4n) is 1.39. The van der Waals surface area contributed by atoms with Crippen LogP contribution < -0.4 is 5.32 Å². The van der Waals surface area contributed by atoms with E-state index in [4.69, 9.17) is 0 Å². The number of carbonyl (C=O) groups is 1. The zero-order valence-electron chi connectivity index (χ0n) is 9.80. The van der Waals surface area contributed by atoms with Crippen molar-refractivity contribution in [2.45, 2.75) is 13.3 Å². The fourth-order valence-corrected chi connectivity index (χ4v) is 1.89. The number of H-pyrrole nitrogens is 1. The topological polar surface area (TPSA) is 70.7 Å². The summed E-state index contributed by atoms with van der Waals surface area (Å²) >= 11 is 2.97. The minimum atomic E-state index is -0.883. The van der Waals surface area contributed by atoms with Gasteiger partial charge in [0.25, 0.3) is 5.91 Å². The minimum absolute atomic E-state index is 0.101. The highest BCUT2D eigenvalue weighted by molar-refractivity contribution is 9.10. The smallest absolute Gasteiger partial charge is 0.295 e. The summed E-state index contributed by atoms with van der Waals surface area (Å²) < 4.78 is 26.5. The number of nitrogens with one attached hydrogen (secondary N) is 2. The van der Waals surface area contributed by atoms with Crippen molar-refractivity contribution in [3.05, 3.63) is 39.9 Å². The summed E-state index contributed by atoms with van der Waals surface area (Å²) in [6.07, 6.45) is 0.592. The third-order valence-electron chi connectivity index (χ3n) is 2.32. The van der Waals surface area contributed by atoms with E-state index in [1.54, 1.807) is 0 Å². The molecule has 0 aliphatic rings. The van der Waals surface area contributed by atoms with E-state index in [9.17, 15) is 13.6 Å². The summed E-state index contributed by atoms with van der Waals surface area (Å²) in [4.78, 5) is 15.7. The van der Waals surface area contributed by atoms with Gasteiger partial charge in [-0.1, -0.05) is 6.92 Å². The molecule has 0 saturated carbocycles. The van der Waals surface area contributed by atoms with Crippen LogP contribution in [-0.4, -0.2) is 21.1 Å². The van der Waals surface area contributed by atoms with E-state index >= 15 is 0 Å². The van der Waals surface area contributed by atoms with Crippen LogP contribution in [0.3, 0.4) is 0 Å². The quantitative estimate of drug-likeness (QED) is 0.908. The number of hydrogen-bond acceptors (Lipinski definition) is 3. The molecule has 5 nitrogen and oxygen atoms in total. The van der Waals surface area contributed by atoms with E-state index in [0.717, 1.165) is 6.07 Å². The highest BCUT2D eigenvalue weighted by Crippen LogP contribution is 2.27. The third kappa shape index (κ3) is 2.95. The van der Waals surface area contributed by atoms with Crippen LogP contribution in [-0.2, 0) is 6.42 Å². The summed E-state index contributed by atoms with van der Waals surface area (Å²) in [5.41, 5.74) is -0.158. The maximum absolute atomic E-state index is 13.5. The zero-order valence-corrected chi connectivity index (χ0v) is 11.4. The van der Waals surface area contributed by atoms with Gasteiger partial charge in [0.15, 0.2) is 5.82 Å². The largest absolute Gasteiger partial charge is 0.316 e. The average Bonchev–Trinajstić information content (AvgIpc) is 2.82. The Hall–Kier alpha value is -1.83. The molecule has 19 heavy (non-hydrogen) atoms. The predicted molar refractivity (Wildman–Crippen MR) is 67.8 cm³/mol. The van der Waals surface area contributed by atoms with Gasteiger partial charge < -0.3 is 5.32 Å². The van der Waals surface area contributed by atoms with Crippen molar-refractivity contribution in [1.82, 2.24) is 15.2 Å². The molecule has 0 unspecified atom stereocenters. The van der Waals surface area contributed by atoms with Crippen LogP contribution in [0.15, 0.2) is 16.6 Å². The van der Waals surface area contributed by atoms with Gasteiger partial charge in [-0.3, -0.25) is 9.89 Å². The van der Waals surface area contributed by atoms with Crippen LogP contribution in [0.1, 0.15) is 23.4 Å². The Balaban J connectivity index is 2.24. The summed E-state index contributed by atoms with van der Waals surface area (Å²) in [7, 11) is 0. The molecular formula is C11H9BrF2N4O. The maximum Gasteiger partial charge on any atom is 0.295 e. The van der Waals surface area contributed by atoms with Crippen LogP contribution in [0.2, 0.25) is 0 Å². The van der Waals surface area contributed by atoms with Crippen molar-refractivity contribution >= 4 is 27.5 Å². The SMILES string of the molecule is CCc1nc(C(=O)Nc2c(F)cc(F)cc2Br)n[nH]1. The van der Waals surface area contributed by atoms with Gasteiger partial charge in [0.05, 0.1) is 5.69 Å². The van der Waals surface area contributed by atoms with Crippen LogP contribution in [0, 0.1) is 11.6 Å². The molecule has 0 bridgehead atoms. The second kappa shape index (κ2) is 5.43. The summed E-state index contributed by atoms with van der Waals surface area (Å²) in [6.45, 7) is 1.85. The van der Waals surface area contributed by atoms with Gasteiger partial charge in [0, 0.05) is 17.0 Å². The molecule has 2 N–H and O–H groups in total. The van der Waals surface area contributed by atoms with E-state index in [0.29, 0.717) is 18.3 Å². The van der Waals surface area contributed by atoms with Crippen molar-refractivity contribution < 1.29 is 13.6 Å². The molecule has 2 aromatic rings. The Morgan fingerprint density at radius 3 is 2.79 bits per heavy atom. The standard InChI is InChI=1S/C11H9BrF2N4O/c1-2-8-15-10(18-17-8)11(19)16-9-6(12)3-5(13)4-7(9)14/h3-4H,2H2,1H3,(H,16,19)(H,15,17,18). The predicted octanol–water partition coefficient (Wildman–Crippen LogP) is 2.66. The van der Waals surface area contributed by atoms with Gasteiger partial charge in [-0.05, 0) is 22.0 Å². The minimum Gasteiger partial charge on any atom is -0.316 e. The van der Waals surface area contributed by atoms with E-state index in [1.165, 1.54) is 0 Å². The lowest BCUT2D eigenvalue weighted by molar-refractivity contribution is 0.101. The zero-order chi connectivity index (χ0) is 14.0. The monoisotopic (exact) mass is 330 g/mol. The molecule has 0 radical (unpaired) electrons. The summed E-state index contributed by atoms with van der Waals surface area (Å²) in [5, 5.41) is 8.56. The molecule has 0 aliphatic carbocycles. The number of aryl methyl sites for hydroxylation is 1. The molecule has 100 valence electrons. The number of anilines is 1. The van der Waals surface area contributed by atoms with Gasteiger partial charge in [-0.15, -0.1) is 5.10 Å². The van der Waals surface area contributed by atoms with Gasteiger partial charge in [0.2, 0.25) is 5.82 Å². The van der Waals surface area contributed by atoms with E-state index in [-0.39, 0.29) is 16.0 Å². The van der Waals surface area contributed by atoms with Crippen molar-refractivity contribution in [2.24, 2.45) is 0 Å². The molecule has 1 amide bonds. The van der Waals surface area contributed by atoms with Crippen molar-refractivity contribution in [2.75, 3.05) is 5.32 Å². The second-order valence-electron chi connectivity index (χ2n) is 3.66. The molecule has 0 saturated heterocycles. The first-order valence-electron chi connectivity index (χ1n) is 5.38. The van der Waals surface area contributed by atoms with Gasteiger partial charge >= 0.3 is 0 Å². The second-order valence-corrected chi connectivity index (χ2v) is 4.51. The number of benzene rings is 1. The number of amides is 1. The van der Waals surface area contributed by atoms with Gasteiger partial charge in [-0.2, -0.15) is 0 Å². The van der Waals surface area contributed by atoms with Crippen molar-refractivity contribution in [1.29, 1.82) is 0 Å². The van der Waals surface area contributed by atoms with Crippen molar-refractivity contribution in [3.63, 3.8) is 0 Å². The van der Waals surface area contributed by atoms with Crippen molar-refractivity contribution in [3.8, 4) is 0 Å². The number of halogens is 3. The lowest BCUT2D eigenvalue weighted by Gasteiger charge is -2.06. The number of hydrogen-bond donors (Lipinski definition) is 2. The maximum atomic E-state index is 13.5. The Kier molecular flexibility index (Phi) is 3.89.